The average Bonchev–Trinajstić information content (AvgIpc) is 2.43. The van der Waals surface area contributed by atoms with Gasteiger partial charge in [0, 0.05) is 11.4 Å². The second kappa shape index (κ2) is 6.04. The lowest BCUT2D eigenvalue weighted by molar-refractivity contribution is -0.115. The number of aromatic nitrogens is 1. The van der Waals surface area contributed by atoms with Crippen molar-refractivity contribution in [2.24, 2.45) is 0 Å². The Kier molecular flexibility index (Phi) is 4.18. The summed E-state index contributed by atoms with van der Waals surface area (Å²) in [6.45, 7) is 0. The normalized spacial score (nSPS) is 9.80. The van der Waals surface area contributed by atoms with Crippen molar-refractivity contribution in [2.45, 2.75) is 6.42 Å². The molecule has 2 aromatic rings. The summed E-state index contributed by atoms with van der Waals surface area (Å²) in [4.78, 5) is 15.9. The molecule has 0 saturated carbocycles. The zero-order valence-electron chi connectivity index (χ0n) is 10.4. The van der Waals surface area contributed by atoms with Crippen LogP contribution in [0.15, 0.2) is 36.5 Å². The molecule has 3 N–H and O–H groups in total. The first kappa shape index (κ1) is 13.8. The predicted molar refractivity (Wildman–Crippen MR) is 77.2 cm³/mol. The van der Waals surface area contributed by atoms with Crippen molar-refractivity contribution < 1.29 is 4.79 Å². The van der Waals surface area contributed by atoms with Crippen molar-refractivity contribution in [3.8, 4) is 6.07 Å². The van der Waals surface area contributed by atoms with Gasteiger partial charge in [0.1, 0.15) is 6.07 Å². The zero-order valence-corrected chi connectivity index (χ0v) is 11.2. The number of nitrogens with one attached hydrogen (secondary N) is 1. The Morgan fingerprint density at radius 1 is 1.40 bits per heavy atom. The highest BCUT2D eigenvalue weighted by Gasteiger charge is 2.07. The number of nitrogen functional groups attached to an aromatic ring is 1. The fraction of sp³-hybridized carbons (Fsp3) is 0.0714. The molecule has 100 valence electrons. The number of nitriles is 1. The van der Waals surface area contributed by atoms with E-state index in [-0.39, 0.29) is 12.3 Å². The van der Waals surface area contributed by atoms with Crippen LogP contribution in [0, 0.1) is 11.3 Å². The van der Waals surface area contributed by atoms with Gasteiger partial charge in [0.25, 0.3) is 0 Å². The van der Waals surface area contributed by atoms with Gasteiger partial charge in [-0.15, -0.1) is 0 Å². The minimum absolute atomic E-state index is 0.130. The topological polar surface area (TPSA) is 91.8 Å². The summed E-state index contributed by atoms with van der Waals surface area (Å²) in [6, 6.07) is 10.1. The molecular weight excluding hydrogens is 276 g/mol. The van der Waals surface area contributed by atoms with Gasteiger partial charge in [-0.2, -0.15) is 5.26 Å². The van der Waals surface area contributed by atoms with Crippen molar-refractivity contribution in [3.05, 3.63) is 52.8 Å². The van der Waals surface area contributed by atoms with Gasteiger partial charge in [0.05, 0.1) is 28.9 Å². The summed E-state index contributed by atoms with van der Waals surface area (Å²) >= 11 is 5.82. The minimum atomic E-state index is -0.228. The van der Waals surface area contributed by atoms with Crippen LogP contribution in [0.2, 0.25) is 5.02 Å². The lowest BCUT2D eigenvalue weighted by Crippen LogP contribution is -2.15. The van der Waals surface area contributed by atoms with Crippen molar-refractivity contribution in [3.63, 3.8) is 0 Å². The molecule has 0 fully saturated rings. The summed E-state index contributed by atoms with van der Waals surface area (Å²) in [5, 5.41) is 11.9. The van der Waals surface area contributed by atoms with Crippen LogP contribution in [0.5, 0.6) is 0 Å². The molecule has 0 aliphatic carbocycles. The Hall–Kier alpha value is -2.58. The monoisotopic (exact) mass is 286 g/mol. The molecule has 1 aromatic carbocycles. The molecule has 0 aliphatic heterocycles. The molecule has 0 spiro atoms. The van der Waals surface area contributed by atoms with E-state index in [2.05, 4.69) is 10.3 Å². The molecule has 1 aromatic heterocycles. The van der Waals surface area contributed by atoms with E-state index >= 15 is 0 Å². The fourth-order valence-corrected chi connectivity index (χ4v) is 1.76. The maximum atomic E-state index is 11.9. The van der Waals surface area contributed by atoms with Crippen molar-refractivity contribution in [1.82, 2.24) is 4.98 Å². The Labute approximate surface area is 121 Å². The van der Waals surface area contributed by atoms with Crippen LogP contribution < -0.4 is 11.1 Å². The van der Waals surface area contributed by atoms with E-state index in [1.165, 1.54) is 12.3 Å². The van der Waals surface area contributed by atoms with Gasteiger partial charge in [0.2, 0.25) is 5.91 Å². The van der Waals surface area contributed by atoms with Crippen molar-refractivity contribution >= 4 is 28.9 Å². The van der Waals surface area contributed by atoms with E-state index in [1.807, 2.05) is 6.07 Å². The number of benzene rings is 1. The minimum Gasteiger partial charge on any atom is -0.397 e. The Bertz CT molecular complexity index is 677. The molecule has 1 heterocycles. The molecule has 20 heavy (non-hydrogen) atoms. The number of nitrogens with zero attached hydrogens (tertiary/aromatic N) is 2. The highest BCUT2D eigenvalue weighted by atomic mass is 35.5. The fourth-order valence-electron chi connectivity index (χ4n) is 1.60. The van der Waals surface area contributed by atoms with Crippen LogP contribution in [0.25, 0.3) is 0 Å². The number of nitrogens with two attached hydrogens (primary N) is 1. The van der Waals surface area contributed by atoms with Crippen LogP contribution in [0.4, 0.5) is 11.4 Å². The number of hydrogen-bond donors (Lipinski definition) is 2. The number of halogens is 1. The first-order valence-electron chi connectivity index (χ1n) is 5.78. The Balaban J connectivity index is 2.05. The lowest BCUT2D eigenvalue weighted by atomic mass is 10.2. The van der Waals surface area contributed by atoms with Crippen LogP contribution in [0.3, 0.4) is 0 Å². The van der Waals surface area contributed by atoms with Crippen LogP contribution in [0.1, 0.15) is 11.3 Å². The molecule has 0 radical (unpaired) electrons. The summed E-state index contributed by atoms with van der Waals surface area (Å²) < 4.78 is 0. The quantitative estimate of drug-likeness (QED) is 0.906. The van der Waals surface area contributed by atoms with E-state index in [9.17, 15) is 4.79 Å². The smallest absolute Gasteiger partial charge is 0.230 e. The Morgan fingerprint density at radius 2 is 2.20 bits per heavy atom. The number of rotatable bonds is 3. The maximum absolute atomic E-state index is 11.9. The third-order valence-corrected chi connectivity index (χ3v) is 2.89. The second-order valence-electron chi connectivity index (χ2n) is 4.11. The summed E-state index contributed by atoms with van der Waals surface area (Å²) in [5.74, 6) is -0.228. The molecule has 0 unspecified atom stereocenters. The van der Waals surface area contributed by atoms with Gasteiger partial charge in [-0.3, -0.25) is 9.78 Å². The molecule has 0 saturated heterocycles. The number of anilines is 2. The van der Waals surface area contributed by atoms with E-state index in [4.69, 9.17) is 22.6 Å². The Morgan fingerprint density at radius 3 is 2.85 bits per heavy atom. The van der Waals surface area contributed by atoms with Gasteiger partial charge in [-0.25, -0.2) is 0 Å². The number of carbonyl (C=O) groups is 1. The van der Waals surface area contributed by atoms with Crippen molar-refractivity contribution in [1.29, 1.82) is 5.26 Å². The largest absolute Gasteiger partial charge is 0.397 e. The molecule has 1 amide bonds. The first-order chi connectivity index (χ1) is 9.58. The standard InChI is InChI=1S/C14H11ClN4O/c15-13-4-3-12(5-9(13)7-16)19-14(20)6-11-2-1-10(17)8-18-11/h1-5,8H,6,17H2,(H,19,20). The third-order valence-electron chi connectivity index (χ3n) is 2.56. The van der Waals surface area contributed by atoms with Gasteiger partial charge in [-0.1, -0.05) is 11.6 Å². The summed E-state index contributed by atoms with van der Waals surface area (Å²) in [6.07, 6.45) is 1.63. The SMILES string of the molecule is N#Cc1cc(NC(=O)Cc2ccc(N)cn2)ccc1Cl. The second-order valence-corrected chi connectivity index (χ2v) is 4.52. The van der Waals surface area contributed by atoms with Crippen LogP contribution in [-0.4, -0.2) is 10.9 Å². The van der Waals surface area contributed by atoms with Crippen LogP contribution in [-0.2, 0) is 11.2 Å². The number of pyridine rings is 1. The number of amides is 1. The predicted octanol–water partition coefficient (Wildman–Crippen LogP) is 2.37. The molecule has 0 aliphatic rings. The average molecular weight is 287 g/mol. The molecule has 0 atom stereocenters. The molecule has 5 nitrogen and oxygen atoms in total. The summed E-state index contributed by atoms with van der Waals surface area (Å²) in [7, 11) is 0. The van der Waals surface area contributed by atoms with E-state index in [1.54, 1.807) is 24.3 Å². The van der Waals surface area contributed by atoms with E-state index in [0.29, 0.717) is 27.7 Å². The van der Waals surface area contributed by atoms with Gasteiger partial charge in [0.15, 0.2) is 0 Å². The first-order valence-corrected chi connectivity index (χ1v) is 6.16. The maximum Gasteiger partial charge on any atom is 0.230 e. The third kappa shape index (κ3) is 3.46. The molecule has 0 bridgehead atoms. The molecular formula is C14H11ClN4O. The number of carbonyl (C=O) groups excluding carboxylic acids is 1. The zero-order chi connectivity index (χ0) is 14.5. The highest BCUT2D eigenvalue weighted by molar-refractivity contribution is 6.31. The van der Waals surface area contributed by atoms with E-state index < -0.39 is 0 Å². The lowest BCUT2D eigenvalue weighted by Gasteiger charge is -2.06. The van der Waals surface area contributed by atoms with Gasteiger partial charge >= 0.3 is 0 Å². The highest BCUT2D eigenvalue weighted by Crippen LogP contribution is 2.19. The van der Waals surface area contributed by atoms with Gasteiger partial charge < -0.3 is 11.1 Å². The van der Waals surface area contributed by atoms with E-state index in [0.717, 1.165) is 0 Å². The molecule has 2 rings (SSSR count). The van der Waals surface area contributed by atoms with Crippen molar-refractivity contribution in [2.75, 3.05) is 11.1 Å². The molecule has 6 heteroatoms. The van der Waals surface area contributed by atoms with Gasteiger partial charge in [-0.05, 0) is 30.3 Å². The summed E-state index contributed by atoms with van der Waals surface area (Å²) in [5.41, 5.74) is 7.52. The number of hydrogen-bond acceptors (Lipinski definition) is 4. The van der Waals surface area contributed by atoms with Crippen LogP contribution >= 0.6 is 11.6 Å².